The summed E-state index contributed by atoms with van der Waals surface area (Å²) in [4.78, 5) is 1.49. The minimum absolute atomic E-state index is 0.644. The maximum Gasteiger partial charge on any atom is 0.0701 e. The lowest BCUT2D eigenvalue weighted by molar-refractivity contribution is -0.0702. The molecule has 1 aromatic heterocycles. The van der Waals surface area contributed by atoms with E-state index in [0.717, 1.165) is 24.3 Å². The Morgan fingerprint density at radius 1 is 1.19 bits per heavy atom. The molecule has 1 N–H and O–H groups in total. The maximum absolute atomic E-state index is 3.89. The quantitative estimate of drug-likeness (QED) is 0.749. The van der Waals surface area contributed by atoms with E-state index in [9.17, 15) is 0 Å². The maximum atomic E-state index is 3.89. The fourth-order valence-corrected chi connectivity index (χ4v) is 7.31. The Morgan fingerprint density at radius 2 is 1.81 bits per heavy atom. The summed E-state index contributed by atoms with van der Waals surface area (Å²) >= 11 is 5.43. The molecule has 1 heterocycles. The van der Waals surface area contributed by atoms with Gasteiger partial charge in [-0.25, -0.2) is 0 Å². The molecule has 4 aliphatic carbocycles. The molecule has 4 fully saturated rings. The monoisotopic (exact) mass is 367 g/mol. The van der Waals surface area contributed by atoms with Gasteiger partial charge in [-0.3, -0.25) is 0 Å². The fraction of sp³-hybridized carbons (Fsp3) is 0.778. The summed E-state index contributed by atoms with van der Waals surface area (Å²) in [6.07, 6.45) is 10.4. The van der Waals surface area contributed by atoms with Gasteiger partial charge in [-0.05, 0) is 103 Å². The van der Waals surface area contributed by atoms with Crippen LogP contribution in [-0.4, -0.2) is 12.6 Å². The third kappa shape index (κ3) is 2.86. The van der Waals surface area contributed by atoms with Gasteiger partial charge in [0.1, 0.15) is 0 Å². The molecule has 1 aromatic rings. The van der Waals surface area contributed by atoms with Crippen LogP contribution >= 0.6 is 27.3 Å². The standard InChI is InChI=1S/C18H26BrNS/c1-12(20-5-4-16-2-3-17(19)21-16)18-9-13-6-14(10-18)8-15(7-13)11-18/h2-3,12-15,20H,4-11H2,1H3. The highest BCUT2D eigenvalue weighted by molar-refractivity contribution is 9.11. The van der Waals surface area contributed by atoms with Crippen LogP contribution in [0.2, 0.25) is 0 Å². The predicted molar refractivity (Wildman–Crippen MR) is 93.8 cm³/mol. The van der Waals surface area contributed by atoms with Crippen molar-refractivity contribution in [1.29, 1.82) is 0 Å². The second-order valence-corrected chi connectivity index (χ2v) is 10.5. The average molecular weight is 368 g/mol. The first-order chi connectivity index (χ1) is 10.1. The van der Waals surface area contributed by atoms with Crippen molar-refractivity contribution in [2.75, 3.05) is 6.54 Å². The van der Waals surface area contributed by atoms with Crippen LogP contribution in [-0.2, 0) is 6.42 Å². The predicted octanol–water partition coefficient (Wildman–Crippen LogP) is 5.25. The molecule has 21 heavy (non-hydrogen) atoms. The zero-order chi connectivity index (χ0) is 14.4. The summed E-state index contributed by atoms with van der Waals surface area (Å²) in [7, 11) is 0. The summed E-state index contributed by atoms with van der Waals surface area (Å²) in [5.74, 6) is 3.19. The van der Waals surface area contributed by atoms with Crippen LogP contribution in [0.5, 0.6) is 0 Å². The van der Waals surface area contributed by atoms with Crippen molar-refractivity contribution in [1.82, 2.24) is 5.32 Å². The number of hydrogen-bond donors (Lipinski definition) is 1. The second-order valence-electron chi connectivity index (χ2n) is 7.91. The van der Waals surface area contributed by atoms with Gasteiger partial charge >= 0.3 is 0 Å². The third-order valence-electron chi connectivity index (χ3n) is 6.45. The second kappa shape index (κ2) is 5.65. The van der Waals surface area contributed by atoms with Crippen LogP contribution in [0, 0.1) is 23.2 Å². The Labute approximate surface area is 141 Å². The van der Waals surface area contributed by atoms with Crippen LogP contribution in [0.4, 0.5) is 0 Å². The third-order valence-corrected chi connectivity index (χ3v) is 8.14. The molecule has 4 bridgehead atoms. The molecule has 4 saturated carbocycles. The zero-order valence-corrected chi connectivity index (χ0v) is 15.3. The van der Waals surface area contributed by atoms with E-state index < -0.39 is 0 Å². The molecular weight excluding hydrogens is 342 g/mol. The summed E-state index contributed by atoms with van der Waals surface area (Å²) in [5.41, 5.74) is 0.644. The lowest BCUT2D eigenvalue weighted by Crippen LogP contribution is -2.55. The summed E-state index contributed by atoms with van der Waals surface area (Å²) in [6.45, 7) is 3.60. The van der Waals surface area contributed by atoms with Crippen LogP contribution in [0.1, 0.15) is 50.3 Å². The molecule has 0 spiro atoms. The molecule has 0 aliphatic heterocycles. The topological polar surface area (TPSA) is 12.0 Å². The molecule has 1 unspecified atom stereocenters. The molecular formula is C18H26BrNS. The van der Waals surface area contributed by atoms with Crippen LogP contribution in [0.3, 0.4) is 0 Å². The number of hydrogen-bond acceptors (Lipinski definition) is 2. The first-order valence-electron chi connectivity index (χ1n) is 8.60. The Bertz CT molecular complexity index is 474. The minimum Gasteiger partial charge on any atom is -0.313 e. The molecule has 0 radical (unpaired) electrons. The Kier molecular flexibility index (Phi) is 3.96. The van der Waals surface area contributed by atoms with Crippen molar-refractivity contribution in [3.05, 3.63) is 20.8 Å². The van der Waals surface area contributed by atoms with Crippen molar-refractivity contribution in [3.8, 4) is 0 Å². The number of nitrogens with one attached hydrogen (secondary N) is 1. The van der Waals surface area contributed by atoms with E-state index in [4.69, 9.17) is 0 Å². The lowest BCUT2D eigenvalue weighted by atomic mass is 9.48. The number of rotatable bonds is 5. The summed E-state index contributed by atoms with van der Waals surface area (Å²) in [6, 6.07) is 5.13. The van der Waals surface area contributed by atoms with Gasteiger partial charge in [0.25, 0.3) is 0 Å². The van der Waals surface area contributed by atoms with Gasteiger partial charge in [0.05, 0.1) is 3.79 Å². The summed E-state index contributed by atoms with van der Waals surface area (Å²) in [5, 5.41) is 3.89. The van der Waals surface area contributed by atoms with E-state index in [1.54, 1.807) is 19.3 Å². The highest BCUT2D eigenvalue weighted by atomic mass is 79.9. The van der Waals surface area contributed by atoms with Crippen LogP contribution in [0.15, 0.2) is 15.9 Å². The molecule has 0 amide bonds. The molecule has 1 nitrogen and oxygen atoms in total. The van der Waals surface area contributed by atoms with Gasteiger partial charge in [0.15, 0.2) is 0 Å². The largest absolute Gasteiger partial charge is 0.313 e. The molecule has 0 aromatic carbocycles. The highest BCUT2D eigenvalue weighted by Crippen LogP contribution is 2.61. The van der Waals surface area contributed by atoms with Crippen molar-refractivity contribution in [2.24, 2.45) is 23.2 Å². The van der Waals surface area contributed by atoms with Crippen molar-refractivity contribution in [3.63, 3.8) is 0 Å². The number of halogens is 1. The average Bonchev–Trinajstić information content (AvgIpc) is 2.83. The van der Waals surface area contributed by atoms with E-state index in [1.807, 2.05) is 11.3 Å². The van der Waals surface area contributed by atoms with Crippen molar-refractivity contribution < 1.29 is 0 Å². The normalized spacial score (nSPS) is 38.9. The van der Waals surface area contributed by atoms with E-state index in [1.165, 1.54) is 34.3 Å². The molecule has 116 valence electrons. The highest BCUT2D eigenvalue weighted by Gasteiger charge is 2.52. The minimum atomic E-state index is 0.644. The van der Waals surface area contributed by atoms with Gasteiger partial charge < -0.3 is 5.32 Å². The lowest BCUT2D eigenvalue weighted by Gasteiger charge is -2.59. The van der Waals surface area contributed by atoms with Gasteiger partial charge in [-0.15, -0.1) is 11.3 Å². The SMILES string of the molecule is CC(NCCc1ccc(Br)s1)C12CC3CC(CC(C3)C1)C2. The Morgan fingerprint density at radius 3 is 2.33 bits per heavy atom. The zero-order valence-electron chi connectivity index (χ0n) is 12.9. The van der Waals surface area contributed by atoms with Gasteiger partial charge in [-0.2, -0.15) is 0 Å². The van der Waals surface area contributed by atoms with Crippen molar-refractivity contribution in [2.45, 2.75) is 57.9 Å². The number of thiophene rings is 1. The molecule has 5 rings (SSSR count). The first kappa shape index (κ1) is 14.7. The molecule has 4 aliphatic rings. The van der Waals surface area contributed by atoms with Crippen LogP contribution in [0.25, 0.3) is 0 Å². The summed E-state index contributed by atoms with van der Waals surface area (Å²) < 4.78 is 1.26. The van der Waals surface area contributed by atoms with Gasteiger partial charge in [-0.1, -0.05) is 0 Å². The van der Waals surface area contributed by atoms with Gasteiger partial charge in [0.2, 0.25) is 0 Å². The van der Waals surface area contributed by atoms with E-state index in [-0.39, 0.29) is 0 Å². The van der Waals surface area contributed by atoms with Gasteiger partial charge in [0, 0.05) is 17.5 Å². The molecule has 3 heteroatoms. The van der Waals surface area contributed by atoms with Crippen molar-refractivity contribution >= 4 is 27.3 Å². The first-order valence-corrected chi connectivity index (χ1v) is 10.2. The Balaban J connectivity index is 1.35. The molecule has 0 saturated heterocycles. The fourth-order valence-electron chi connectivity index (χ4n) is 5.82. The van der Waals surface area contributed by atoms with E-state index >= 15 is 0 Å². The van der Waals surface area contributed by atoms with E-state index in [2.05, 4.69) is 40.3 Å². The smallest absolute Gasteiger partial charge is 0.0701 e. The van der Waals surface area contributed by atoms with Crippen LogP contribution < -0.4 is 5.32 Å². The van der Waals surface area contributed by atoms with E-state index in [0.29, 0.717) is 11.5 Å². The molecule has 1 atom stereocenters. The Hall–Kier alpha value is 0.140.